The maximum absolute atomic E-state index is 4.49. The molecule has 0 aliphatic rings. The molecule has 0 amide bonds. The summed E-state index contributed by atoms with van der Waals surface area (Å²) < 4.78 is 1.94. The Morgan fingerprint density at radius 2 is 2.10 bits per heavy atom. The minimum Gasteiger partial charge on any atom is -0.308 e. The Morgan fingerprint density at radius 1 is 1.30 bits per heavy atom. The van der Waals surface area contributed by atoms with Gasteiger partial charge in [-0.3, -0.25) is 14.6 Å². The van der Waals surface area contributed by atoms with Crippen molar-refractivity contribution in [2.45, 2.75) is 39.7 Å². The number of aromatic nitrogens is 4. The fraction of sp³-hybridized carbons (Fsp3) is 0.533. The molecule has 0 fully saturated rings. The fourth-order valence-corrected chi connectivity index (χ4v) is 2.41. The quantitative estimate of drug-likeness (QED) is 0.876. The van der Waals surface area contributed by atoms with Gasteiger partial charge in [0, 0.05) is 31.3 Å². The Hall–Kier alpha value is -1.75. The molecule has 108 valence electrons. The van der Waals surface area contributed by atoms with E-state index >= 15 is 0 Å². The van der Waals surface area contributed by atoms with Crippen molar-refractivity contribution in [1.82, 2.24) is 25.1 Å². The molecule has 20 heavy (non-hydrogen) atoms. The zero-order valence-electron chi connectivity index (χ0n) is 12.7. The van der Waals surface area contributed by atoms with Gasteiger partial charge in [0.15, 0.2) is 0 Å². The van der Waals surface area contributed by atoms with Crippen molar-refractivity contribution < 1.29 is 0 Å². The smallest absolute Gasteiger partial charge is 0.0759 e. The summed E-state index contributed by atoms with van der Waals surface area (Å²) in [5.41, 5.74) is 4.60. The summed E-state index contributed by atoms with van der Waals surface area (Å²) in [6.45, 7) is 7.32. The SMILES string of the molecule is CCCNC(Cc1c(C)nn(C)c1C)c1cnccn1. The minimum atomic E-state index is 0.185. The van der Waals surface area contributed by atoms with Crippen LogP contribution < -0.4 is 5.32 Å². The van der Waals surface area contributed by atoms with Crippen molar-refractivity contribution in [3.05, 3.63) is 41.2 Å². The Bertz CT molecular complexity index is 547. The Morgan fingerprint density at radius 3 is 2.65 bits per heavy atom. The first-order valence-electron chi connectivity index (χ1n) is 7.11. The fourth-order valence-electron chi connectivity index (χ4n) is 2.41. The van der Waals surface area contributed by atoms with Crippen molar-refractivity contribution in [3.8, 4) is 0 Å². The summed E-state index contributed by atoms with van der Waals surface area (Å²) in [7, 11) is 1.99. The monoisotopic (exact) mass is 273 g/mol. The van der Waals surface area contributed by atoms with E-state index in [1.54, 1.807) is 12.4 Å². The first kappa shape index (κ1) is 14.7. The molecule has 5 nitrogen and oxygen atoms in total. The molecule has 0 saturated heterocycles. The van der Waals surface area contributed by atoms with Crippen LogP contribution in [-0.4, -0.2) is 26.3 Å². The molecule has 0 aliphatic carbocycles. The highest BCUT2D eigenvalue weighted by molar-refractivity contribution is 5.26. The summed E-state index contributed by atoms with van der Waals surface area (Å²) in [6.07, 6.45) is 7.29. The lowest BCUT2D eigenvalue weighted by atomic mass is 10.0. The summed E-state index contributed by atoms with van der Waals surface area (Å²) in [4.78, 5) is 8.62. The molecule has 2 aromatic heterocycles. The minimum absolute atomic E-state index is 0.185. The number of nitrogens with one attached hydrogen (secondary N) is 1. The molecule has 0 aromatic carbocycles. The van der Waals surface area contributed by atoms with Crippen molar-refractivity contribution in [2.75, 3.05) is 6.54 Å². The molecular formula is C15H23N5. The maximum Gasteiger partial charge on any atom is 0.0759 e. The van der Waals surface area contributed by atoms with Gasteiger partial charge in [-0.25, -0.2) is 0 Å². The van der Waals surface area contributed by atoms with E-state index in [1.807, 2.05) is 17.9 Å². The zero-order valence-corrected chi connectivity index (χ0v) is 12.7. The van der Waals surface area contributed by atoms with Gasteiger partial charge in [-0.1, -0.05) is 6.92 Å². The zero-order chi connectivity index (χ0) is 14.5. The summed E-state index contributed by atoms with van der Waals surface area (Å²) >= 11 is 0. The Kier molecular flexibility index (Phi) is 4.84. The number of hydrogen-bond donors (Lipinski definition) is 1. The molecule has 2 heterocycles. The second-order valence-corrected chi connectivity index (χ2v) is 5.11. The second-order valence-electron chi connectivity index (χ2n) is 5.11. The molecule has 2 rings (SSSR count). The van der Waals surface area contributed by atoms with Gasteiger partial charge in [0.25, 0.3) is 0 Å². The second kappa shape index (κ2) is 6.61. The van der Waals surface area contributed by atoms with E-state index in [2.05, 4.69) is 41.2 Å². The van der Waals surface area contributed by atoms with Crippen LogP contribution in [-0.2, 0) is 13.5 Å². The van der Waals surface area contributed by atoms with Crippen molar-refractivity contribution in [2.24, 2.45) is 7.05 Å². The molecule has 2 aromatic rings. The van der Waals surface area contributed by atoms with E-state index in [0.29, 0.717) is 0 Å². The van der Waals surface area contributed by atoms with Crippen LogP contribution in [0.3, 0.4) is 0 Å². The van der Waals surface area contributed by atoms with Crippen LogP contribution in [0, 0.1) is 13.8 Å². The first-order valence-corrected chi connectivity index (χ1v) is 7.11. The van der Waals surface area contributed by atoms with Crippen LogP contribution in [0.25, 0.3) is 0 Å². The van der Waals surface area contributed by atoms with Gasteiger partial charge in [0.2, 0.25) is 0 Å². The predicted molar refractivity (Wildman–Crippen MR) is 79.5 cm³/mol. The van der Waals surface area contributed by atoms with Gasteiger partial charge < -0.3 is 5.32 Å². The third kappa shape index (κ3) is 3.22. The van der Waals surface area contributed by atoms with E-state index < -0.39 is 0 Å². The molecular weight excluding hydrogens is 250 g/mol. The number of rotatable bonds is 6. The van der Waals surface area contributed by atoms with Gasteiger partial charge in [-0.05, 0) is 38.8 Å². The Labute approximate surface area is 120 Å². The number of aryl methyl sites for hydroxylation is 2. The summed E-state index contributed by atoms with van der Waals surface area (Å²) in [5.74, 6) is 0. The molecule has 0 bridgehead atoms. The van der Waals surface area contributed by atoms with Crippen LogP contribution in [0.5, 0.6) is 0 Å². The molecule has 0 spiro atoms. The third-order valence-electron chi connectivity index (χ3n) is 3.65. The first-order chi connectivity index (χ1) is 9.63. The average Bonchev–Trinajstić information content (AvgIpc) is 2.70. The third-order valence-corrected chi connectivity index (χ3v) is 3.65. The number of hydrogen-bond acceptors (Lipinski definition) is 4. The van der Waals surface area contributed by atoms with E-state index in [4.69, 9.17) is 0 Å². The van der Waals surface area contributed by atoms with Crippen LogP contribution >= 0.6 is 0 Å². The highest BCUT2D eigenvalue weighted by Crippen LogP contribution is 2.21. The van der Waals surface area contributed by atoms with Crippen LogP contribution in [0.4, 0.5) is 0 Å². The van der Waals surface area contributed by atoms with Gasteiger partial charge in [0.1, 0.15) is 0 Å². The molecule has 0 radical (unpaired) electrons. The molecule has 5 heteroatoms. The number of nitrogens with zero attached hydrogens (tertiary/aromatic N) is 4. The van der Waals surface area contributed by atoms with E-state index in [9.17, 15) is 0 Å². The normalized spacial score (nSPS) is 12.6. The van der Waals surface area contributed by atoms with E-state index in [1.165, 1.54) is 11.3 Å². The Balaban J connectivity index is 2.24. The van der Waals surface area contributed by atoms with Crippen LogP contribution in [0.1, 0.15) is 42.0 Å². The van der Waals surface area contributed by atoms with E-state index in [0.717, 1.165) is 30.8 Å². The maximum atomic E-state index is 4.49. The largest absolute Gasteiger partial charge is 0.308 e. The van der Waals surface area contributed by atoms with Gasteiger partial charge in [-0.2, -0.15) is 5.10 Å². The molecule has 1 unspecified atom stereocenters. The molecule has 0 aliphatic heterocycles. The van der Waals surface area contributed by atoms with Gasteiger partial charge >= 0.3 is 0 Å². The van der Waals surface area contributed by atoms with Gasteiger partial charge in [-0.15, -0.1) is 0 Å². The van der Waals surface area contributed by atoms with Crippen molar-refractivity contribution in [3.63, 3.8) is 0 Å². The topological polar surface area (TPSA) is 55.6 Å². The van der Waals surface area contributed by atoms with Crippen LogP contribution in [0.15, 0.2) is 18.6 Å². The van der Waals surface area contributed by atoms with Crippen LogP contribution in [0.2, 0.25) is 0 Å². The average molecular weight is 273 g/mol. The lowest BCUT2D eigenvalue weighted by molar-refractivity contribution is 0.514. The molecule has 1 N–H and O–H groups in total. The molecule has 0 saturated carbocycles. The highest BCUT2D eigenvalue weighted by atomic mass is 15.3. The summed E-state index contributed by atoms with van der Waals surface area (Å²) in [6, 6.07) is 0.185. The van der Waals surface area contributed by atoms with Crippen molar-refractivity contribution >= 4 is 0 Å². The van der Waals surface area contributed by atoms with Crippen molar-refractivity contribution in [1.29, 1.82) is 0 Å². The highest BCUT2D eigenvalue weighted by Gasteiger charge is 2.18. The predicted octanol–water partition coefficient (Wildman–Crippen LogP) is 2.11. The lowest BCUT2D eigenvalue weighted by Crippen LogP contribution is -2.25. The molecule has 1 atom stereocenters. The van der Waals surface area contributed by atoms with Gasteiger partial charge in [0.05, 0.1) is 17.4 Å². The summed E-state index contributed by atoms with van der Waals surface area (Å²) in [5, 5.41) is 8.05. The lowest BCUT2D eigenvalue weighted by Gasteiger charge is -2.18. The standard InChI is InChI=1S/C15H23N5/c1-5-6-17-14(15-10-16-7-8-18-15)9-13-11(2)19-20(4)12(13)3/h7-8,10,14,17H,5-6,9H2,1-4H3. The van der Waals surface area contributed by atoms with E-state index in [-0.39, 0.29) is 6.04 Å².